The number of halogens is 3. The lowest BCUT2D eigenvalue weighted by Gasteiger charge is -2.33. The van der Waals surface area contributed by atoms with Gasteiger partial charge in [0.05, 0.1) is 0 Å². The molecular weight excluding hydrogens is 333 g/mol. The standard InChI is InChI=1S/C17H17F3N4O/c1-23-6-8-24(9-7-23)15-10-14(16(22-21-15)17(18,19)20)13-5-3-2-4-12(13)11-25/h2-5,10-11H,6-9H2,1H3. The van der Waals surface area contributed by atoms with Gasteiger partial charge in [-0.1, -0.05) is 24.3 Å². The second kappa shape index (κ2) is 6.79. The fraction of sp³-hybridized carbons (Fsp3) is 0.353. The zero-order chi connectivity index (χ0) is 18.0. The zero-order valence-electron chi connectivity index (χ0n) is 13.6. The maximum absolute atomic E-state index is 13.4. The minimum absolute atomic E-state index is 0.126. The molecule has 1 aliphatic rings. The Bertz CT molecular complexity index is 771. The molecule has 3 rings (SSSR count). The summed E-state index contributed by atoms with van der Waals surface area (Å²) in [6.45, 7) is 2.91. The highest BCUT2D eigenvalue weighted by atomic mass is 19.4. The third kappa shape index (κ3) is 3.63. The van der Waals surface area contributed by atoms with E-state index in [1.165, 1.54) is 18.2 Å². The number of carbonyl (C=O) groups excluding carboxylic acids is 1. The Hall–Kier alpha value is -2.48. The van der Waals surface area contributed by atoms with Gasteiger partial charge < -0.3 is 9.80 Å². The molecule has 0 atom stereocenters. The summed E-state index contributed by atoms with van der Waals surface area (Å²) in [6, 6.07) is 7.56. The van der Waals surface area contributed by atoms with Gasteiger partial charge in [0.2, 0.25) is 0 Å². The van der Waals surface area contributed by atoms with Gasteiger partial charge in [0.1, 0.15) is 0 Å². The number of hydrogen-bond donors (Lipinski definition) is 0. The number of alkyl halides is 3. The van der Waals surface area contributed by atoms with Crippen LogP contribution in [-0.2, 0) is 6.18 Å². The van der Waals surface area contributed by atoms with E-state index in [1.807, 2.05) is 11.9 Å². The Morgan fingerprint density at radius 2 is 1.72 bits per heavy atom. The molecule has 0 saturated carbocycles. The lowest BCUT2D eigenvalue weighted by Crippen LogP contribution is -2.45. The molecule has 1 aromatic carbocycles. The Balaban J connectivity index is 2.10. The zero-order valence-corrected chi connectivity index (χ0v) is 13.6. The molecule has 8 heteroatoms. The predicted molar refractivity (Wildman–Crippen MR) is 87.6 cm³/mol. The van der Waals surface area contributed by atoms with Gasteiger partial charge in [-0.2, -0.15) is 13.2 Å². The van der Waals surface area contributed by atoms with Crippen molar-refractivity contribution >= 4 is 12.1 Å². The van der Waals surface area contributed by atoms with E-state index >= 15 is 0 Å². The Kier molecular flexibility index (Phi) is 4.71. The average Bonchev–Trinajstić information content (AvgIpc) is 2.61. The quantitative estimate of drug-likeness (QED) is 0.797. The molecule has 1 aliphatic heterocycles. The van der Waals surface area contributed by atoms with E-state index in [0.29, 0.717) is 25.2 Å². The topological polar surface area (TPSA) is 49.3 Å². The van der Waals surface area contributed by atoms with Crippen LogP contribution in [0.1, 0.15) is 16.1 Å². The van der Waals surface area contributed by atoms with Crippen molar-refractivity contribution in [3.8, 4) is 11.1 Å². The van der Waals surface area contributed by atoms with Crippen molar-refractivity contribution in [2.45, 2.75) is 6.18 Å². The molecule has 2 heterocycles. The van der Waals surface area contributed by atoms with E-state index in [9.17, 15) is 18.0 Å². The number of aromatic nitrogens is 2. The molecule has 1 saturated heterocycles. The van der Waals surface area contributed by atoms with Crippen LogP contribution in [-0.4, -0.2) is 54.6 Å². The molecular formula is C17H17F3N4O. The van der Waals surface area contributed by atoms with Gasteiger partial charge in [-0.05, 0) is 18.7 Å². The molecule has 0 amide bonds. The van der Waals surface area contributed by atoms with Gasteiger partial charge in [0.25, 0.3) is 0 Å². The Morgan fingerprint density at radius 3 is 2.36 bits per heavy atom. The van der Waals surface area contributed by atoms with E-state index in [4.69, 9.17) is 0 Å². The lowest BCUT2D eigenvalue weighted by molar-refractivity contribution is -0.141. The predicted octanol–water partition coefficient (Wildman–Crippen LogP) is 2.73. The Labute approximate surface area is 143 Å². The molecule has 0 radical (unpaired) electrons. The van der Waals surface area contributed by atoms with Crippen LogP contribution in [0.5, 0.6) is 0 Å². The fourth-order valence-electron chi connectivity index (χ4n) is 2.83. The number of rotatable bonds is 3. The largest absolute Gasteiger partial charge is 0.435 e. The van der Waals surface area contributed by atoms with Crippen molar-refractivity contribution in [2.75, 3.05) is 38.1 Å². The summed E-state index contributed by atoms with van der Waals surface area (Å²) in [4.78, 5) is 15.3. The number of carbonyl (C=O) groups is 1. The number of benzene rings is 1. The van der Waals surface area contributed by atoms with Crippen LogP contribution >= 0.6 is 0 Å². The van der Waals surface area contributed by atoms with Gasteiger partial charge in [-0.15, -0.1) is 10.2 Å². The van der Waals surface area contributed by atoms with E-state index < -0.39 is 11.9 Å². The van der Waals surface area contributed by atoms with Gasteiger partial charge in [0.15, 0.2) is 17.8 Å². The molecule has 0 N–H and O–H groups in total. The van der Waals surface area contributed by atoms with Crippen molar-refractivity contribution in [2.24, 2.45) is 0 Å². The normalized spacial score (nSPS) is 16.1. The smallest absolute Gasteiger partial charge is 0.353 e. The number of aldehydes is 1. The molecule has 132 valence electrons. The first kappa shape index (κ1) is 17.3. The van der Waals surface area contributed by atoms with Gasteiger partial charge in [-0.3, -0.25) is 4.79 Å². The van der Waals surface area contributed by atoms with Gasteiger partial charge in [0, 0.05) is 37.3 Å². The molecule has 1 aromatic heterocycles. The number of anilines is 1. The summed E-state index contributed by atoms with van der Waals surface area (Å²) < 4.78 is 40.2. The second-order valence-electron chi connectivity index (χ2n) is 5.96. The monoisotopic (exact) mass is 350 g/mol. The molecule has 1 fully saturated rings. The molecule has 0 spiro atoms. The van der Waals surface area contributed by atoms with Crippen LogP contribution in [0.25, 0.3) is 11.1 Å². The first-order valence-corrected chi connectivity index (χ1v) is 7.83. The summed E-state index contributed by atoms with van der Waals surface area (Å²) >= 11 is 0. The summed E-state index contributed by atoms with van der Waals surface area (Å²) in [6.07, 6.45) is -4.11. The number of hydrogen-bond acceptors (Lipinski definition) is 5. The second-order valence-corrected chi connectivity index (χ2v) is 5.96. The first-order chi connectivity index (χ1) is 11.9. The molecule has 0 aliphatic carbocycles. The van der Waals surface area contributed by atoms with Gasteiger partial charge in [-0.25, -0.2) is 0 Å². The van der Waals surface area contributed by atoms with E-state index in [-0.39, 0.29) is 16.7 Å². The van der Waals surface area contributed by atoms with Crippen molar-refractivity contribution in [3.05, 3.63) is 41.6 Å². The third-order valence-electron chi connectivity index (χ3n) is 4.25. The van der Waals surface area contributed by atoms with Crippen LogP contribution in [0.2, 0.25) is 0 Å². The van der Waals surface area contributed by atoms with Crippen LogP contribution in [0, 0.1) is 0 Å². The summed E-state index contributed by atoms with van der Waals surface area (Å²) in [5.41, 5.74) is -0.820. The highest BCUT2D eigenvalue weighted by Crippen LogP contribution is 2.37. The van der Waals surface area contributed by atoms with Crippen molar-refractivity contribution < 1.29 is 18.0 Å². The summed E-state index contributed by atoms with van der Waals surface area (Å²) in [7, 11) is 1.99. The first-order valence-electron chi connectivity index (χ1n) is 7.83. The van der Waals surface area contributed by atoms with Crippen LogP contribution in [0.15, 0.2) is 30.3 Å². The average molecular weight is 350 g/mol. The highest BCUT2D eigenvalue weighted by Gasteiger charge is 2.37. The third-order valence-corrected chi connectivity index (χ3v) is 4.25. The van der Waals surface area contributed by atoms with Crippen LogP contribution < -0.4 is 4.90 Å². The van der Waals surface area contributed by atoms with Crippen LogP contribution in [0.3, 0.4) is 0 Å². The molecule has 25 heavy (non-hydrogen) atoms. The van der Waals surface area contributed by atoms with Crippen molar-refractivity contribution in [3.63, 3.8) is 0 Å². The minimum Gasteiger partial charge on any atom is -0.353 e. The number of piperazine rings is 1. The maximum Gasteiger partial charge on any atom is 0.435 e. The van der Waals surface area contributed by atoms with E-state index in [1.54, 1.807) is 12.1 Å². The summed E-state index contributed by atoms with van der Waals surface area (Å²) in [5, 5.41) is 7.23. The van der Waals surface area contributed by atoms with Crippen molar-refractivity contribution in [1.29, 1.82) is 0 Å². The fourth-order valence-corrected chi connectivity index (χ4v) is 2.83. The van der Waals surface area contributed by atoms with Gasteiger partial charge >= 0.3 is 6.18 Å². The molecule has 2 aromatic rings. The molecule has 5 nitrogen and oxygen atoms in total. The number of nitrogens with zero attached hydrogens (tertiary/aromatic N) is 4. The molecule has 0 unspecified atom stereocenters. The van der Waals surface area contributed by atoms with Crippen molar-refractivity contribution in [1.82, 2.24) is 15.1 Å². The maximum atomic E-state index is 13.4. The Morgan fingerprint density at radius 1 is 1.04 bits per heavy atom. The minimum atomic E-state index is -4.65. The van der Waals surface area contributed by atoms with Crippen LogP contribution in [0.4, 0.5) is 19.0 Å². The SMILES string of the molecule is CN1CCN(c2cc(-c3ccccc3C=O)c(C(F)(F)F)nn2)CC1. The molecule has 0 bridgehead atoms. The van der Waals surface area contributed by atoms with E-state index in [2.05, 4.69) is 15.1 Å². The lowest BCUT2D eigenvalue weighted by atomic mass is 9.99. The highest BCUT2D eigenvalue weighted by molar-refractivity contribution is 5.88. The number of likely N-dealkylation sites (N-methyl/N-ethyl adjacent to an activating group) is 1. The van der Waals surface area contributed by atoms with E-state index in [0.717, 1.165) is 13.1 Å². The summed E-state index contributed by atoms with van der Waals surface area (Å²) in [5.74, 6) is 0.386.